The molecule has 1 aliphatic heterocycles. The van der Waals surface area contributed by atoms with Crippen LogP contribution in [0.25, 0.3) is 0 Å². The van der Waals surface area contributed by atoms with E-state index in [0.717, 1.165) is 6.07 Å². The van der Waals surface area contributed by atoms with Gasteiger partial charge in [0.2, 0.25) is 11.8 Å². The third kappa shape index (κ3) is 8.07. The van der Waals surface area contributed by atoms with Gasteiger partial charge >= 0.3 is 24.4 Å². The van der Waals surface area contributed by atoms with Crippen molar-refractivity contribution in [3.8, 4) is 11.8 Å². The first kappa shape index (κ1) is 35.7. The molecule has 16 heteroatoms. The first-order valence-corrected chi connectivity index (χ1v) is 13.8. The highest BCUT2D eigenvalue weighted by Gasteiger charge is 2.60. The third-order valence-corrected chi connectivity index (χ3v) is 7.15. The molecule has 10 nitrogen and oxygen atoms in total. The Bertz CT molecular complexity index is 1360. The van der Waals surface area contributed by atoms with E-state index in [1.54, 1.807) is 34.6 Å². The van der Waals surface area contributed by atoms with Gasteiger partial charge in [-0.3, -0.25) is 4.90 Å². The number of methoxy groups -OCH3 is 1. The number of carboxylic acid groups (broad SMARTS) is 1. The van der Waals surface area contributed by atoms with Gasteiger partial charge in [0.1, 0.15) is 6.04 Å². The number of halogens is 6. The van der Waals surface area contributed by atoms with E-state index < -0.39 is 78.3 Å². The topological polar surface area (TPSA) is 120 Å². The van der Waals surface area contributed by atoms with Crippen molar-refractivity contribution < 1.29 is 60.0 Å². The number of hydrogen-bond donors (Lipinski definition) is 1. The Labute approximate surface area is 255 Å². The van der Waals surface area contributed by atoms with Gasteiger partial charge in [0.25, 0.3) is 0 Å². The number of aliphatic carboxylic acids is 1. The summed E-state index contributed by atoms with van der Waals surface area (Å²) in [6.45, 7) is 8.23. The Kier molecular flexibility index (Phi) is 10.5. The lowest BCUT2D eigenvalue weighted by Crippen LogP contribution is -2.48. The van der Waals surface area contributed by atoms with Crippen molar-refractivity contribution >= 4 is 12.1 Å². The summed E-state index contributed by atoms with van der Waals surface area (Å²) in [5.74, 6) is -2.99. The average Bonchev–Trinajstić information content (AvgIpc) is 3.26. The van der Waals surface area contributed by atoms with Gasteiger partial charge in [0.05, 0.1) is 37.5 Å². The molecule has 1 N–H and O–H groups in total. The van der Waals surface area contributed by atoms with Crippen LogP contribution in [0.15, 0.2) is 30.6 Å². The van der Waals surface area contributed by atoms with Crippen molar-refractivity contribution in [3.05, 3.63) is 47.3 Å². The number of hydrogen-bond acceptors (Lipinski definition) is 8. The molecule has 0 bridgehead atoms. The standard InChI is InChI=1S/C29H35F6N3O7/c1-14(2)44-24-18(9-8-10-36-24)20-22(43-13-16-11-17(29(33,34)35)12-37-23(16)42-7)19(27(4,5)6)21(25(39)40)38(20)26(41)45-15(3)28(30,31)32/h8-12,14-15,19-22H,13H2,1-7H3,(H,39,40)/t15-,19+,20-,21-,22-/m0/s1. The highest BCUT2D eigenvalue weighted by atomic mass is 19.4. The number of carbonyl (C=O) groups excluding carboxylic acids is 1. The zero-order chi connectivity index (χ0) is 34.1. The molecule has 45 heavy (non-hydrogen) atoms. The summed E-state index contributed by atoms with van der Waals surface area (Å²) in [5.41, 5.74) is -2.18. The smallest absolute Gasteiger partial charge is 0.425 e. The molecule has 0 aromatic carbocycles. The minimum Gasteiger partial charge on any atom is -0.481 e. The molecule has 3 rings (SSSR count). The van der Waals surface area contributed by atoms with Crippen LogP contribution in [-0.2, 0) is 27.1 Å². The van der Waals surface area contributed by atoms with Crippen LogP contribution in [0.2, 0.25) is 0 Å². The lowest BCUT2D eigenvalue weighted by Gasteiger charge is -2.34. The van der Waals surface area contributed by atoms with Gasteiger partial charge in [0.15, 0.2) is 6.10 Å². The zero-order valence-electron chi connectivity index (χ0n) is 25.6. The molecule has 1 aliphatic rings. The number of rotatable bonds is 9. The fraction of sp³-hybridized carbons (Fsp3) is 0.586. The molecule has 1 saturated heterocycles. The molecule has 0 unspecified atom stereocenters. The second-order valence-electron chi connectivity index (χ2n) is 11.8. The van der Waals surface area contributed by atoms with Crippen molar-refractivity contribution in [1.29, 1.82) is 0 Å². The molecule has 2 aromatic rings. The summed E-state index contributed by atoms with van der Waals surface area (Å²) in [5, 5.41) is 10.4. The normalized spacial score (nSPS) is 21.5. The van der Waals surface area contributed by atoms with Gasteiger partial charge in [-0.1, -0.05) is 20.8 Å². The Morgan fingerprint density at radius 2 is 1.69 bits per heavy atom. The first-order valence-electron chi connectivity index (χ1n) is 13.8. The molecule has 5 atom stereocenters. The Hall–Kier alpha value is -3.82. The minimum absolute atomic E-state index is 0.0650. The molecular weight excluding hydrogens is 616 g/mol. The van der Waals surface area contributed by atoms with Gasteiger partial charge in [-0.05, 0) is 44.4 Å². The molecule has 0 spiro atoms. The van der Waals surface area contributed by atoms with Crippen molar-refractivity contribution in [2.45, 2.75) is 90.9 Å². The molecule has 1 amide bonds. The zero-order valence-corrected chi connectivity index (χ0v) is 25.6. The monoisotopic (exact) mass is 651 g/mol. The van der Waals surface area contributed by atoms with Crippen LogP contribution in [0, 0.1) is 11.3 Å². The Balaban J connectivity index is 2.25. The fourth-order valence-electron chi connectivity index (χ4n) is 5.22. The number of pyridine rings is 2. The van der Waals surface area contributed by atoms with Crippen LogP contribution >= 0.6 is 0 Å². The van der Waals surface area contributed by atoms with Crippen molar-refractivity contribution in [2.24, 2.45) is 11.3 Å². The van der Waals surface area contributed by atoms with Crippen LogP contribution in [0.5, 0.6) is 11.8 Å². The second kappa shape index (κ2) is 13.3. The van der Waals surface area contributed by atoms with Crippen molar-refractivity contribution in [1.82, 2.24) is 14.9 Å². The van der Waals surface area contributed by atoms with E-state index in [9.17, 15) is 41.0 Å². The summed E-state index contributed by atoms with van der Waals surface area (Å²) >= 11 is 0. The van der Waals surface area contributed by atoms with Crippen molar-refractivity contribution in [3.63, 3.8) is 0 Å². The Morgan fingerprint density at radius 3 is 2.20 bits per heavy atom. The predicted octanol–water partition coefficient (Wildman–Crippen LogP) is 6.44. The summed E-state index contributed by atoms with van der Waals surface area (Å²) in [6, 6.07) is 0.360. The molecular formula is C29H35F6N3O7. The van der Waals surface area contributed by atoms with Gasteiger partial charge < -0.3 is 24.1 Å². The van der Waals surface area contributed by atoms with E-state index in [1.807, 2.05) is 0 Å². The van der Waals surface area contributed by atoms with Gasteiger partial charge in [-0.15, -0.1) is 0 Å². The van der Waals surface area contributed by atoms with Gasteiger partial charge in [0, 0.05) is 29.4 Å². The van der Waals surface area contributed by atoms with Crippen molar-refractivity contribution in [2.75, 3.05) is 7.11 Å². The number of ether oxygens (including phenoxy) is 4. The maximum absolute atomic E-state index is 13.6. The molecule has 0 saturated carbocycles. The summed E-state index contributed by atoms with van der Waals surface area (Å²) < 4.78 is 103. The quantitative estimate of drug-likeness (QED) is 0.306. The number of carboxylic acids is 1. The fourth-order valence-corrected chi connectivity index (χ4v) is 5.22. The van der Waals surface area contributed by atoms with E-state index in [-0.39, 0.29) is 22.9 Å². The molecule has 250 valence electrons. The highest BCUT2D eigenvalue weighted by Crippen LogP contribution is 2.51. The maximum atomic E-state index is 13.6. The number of alkyl halides is 6. The van der Waals surface area contributed by atoms with E-state index in [2.05, 4.69) is 9.97 Å². The number of carbonyl (C=O) groups is 2. The molecule has 1 fully saturated rings. The summed E-state index contributed by atoms with van der Waals surface area (Å²) in [4.78, 5) is 34.9. The van der Waals surface area contributed by atoms with Gasteiger partial charge in [-0.25, -0.2) is 19.6 Å². The molecule has 0 aliphatic carbocycles. The predicted molar refractivity (Wildman–Crippen MR) is 145 cm³/mol. The number of nitrogens with zero attached hydrogens (tertiary/aromatic N) is 3. The lowest BCUT2D eigenvalue weighted by atomic mass is 9.73. The van der Waals surface area contributed by atoms with E-state index >= 15 is 0 Å². The average molecular weight is 652 g/mol. The lowest BCUT2D eigenvalue weighted by molar-refractivity contribution is -0.200. The van der Waals surface area contributed by atoms with Gasteiger partial charge in [-0.2, -0.15) is 26.3 Å². The largest absolute Gasteiger partial charge is 0.481 e. The number of aromatic nitrogens is 2. The van der Waals surface area contributed by atoms with Crippen LogP contribution in [-0.4, -0.2) is 69.7 Å². The maximum Gasteiger partial charge on any atom is 0.425 e. The molecule has 0 radical (unpaired) electrons. The second-order valence-corrected chi connectivity index (χ2v) is 11.8. The summed E-state index contributed by atoms with van der Waals surface area (Å²) in [7, 11) is 1.18. The third-order valence-electron chi connectivity index (χ3n) is 7.15. The SMILES string of the molecule is COc1ncc(C(F)(F)F)cc1CO[C@H]1[C@H](C(C)(C)C)[C@@H](C(=O)O)N(C(=O)O[C@@H](C)C(F)(F)F)[C@H]1c1cccnc1OC(C)C. The van der Waals surface area contributed by atoms with Crippen LogP contribution in [0.4, 0.5) is 31.1 Å². The highest BCUT2D eigenvalue weighted by molar-refractivity contribution is 5.82. The number of amides is 1. The van der Waals surface area contributed by atoms with E-state index in [0.29, 0.717) is 18.0 Å². The summed E-state index contributed by atoms with van der Waals surface area (Å²) in [6.07, 6.45) is -13.8. The van der Waals surface area contributed by atoms with Crippen LogP contribution < -0.4 is 9.47 Å². The molecule has 2 aromatic heterocycles. The Morgan fingerprint density at radius 1 is 1.04 bits per heavy atom. The van der Waals surface area contributed by atoms with E-state index in [4.69, 9.17) is 18.9 Å². The minimum atomic E-state index is -4.96. The van der Waals surface area contributed by atoms with Crippen LogP contribution in [0.1, 0.15) is 64.3 Å². The number of likely N-dealkylation sites (tertiary alicyclic amines) is 1. The van der Waals surface area contributed by atoms with E-state index in [1.165, 1.54) is 25.4 Å². The first-order chi connectivity index (χ1) is 20.7. The van der Waals surface area contributed by atoms with Crippen LogP contribution in [0.3, 0.4) is 0 Å². The molecule has 3 heterocycles.